The number of nitrogens with one attached hydrogen (secondary N) is 2. The number of carbonyl (C=O) groups is 5. The number of hydrogen-bond acceptors (Lipinski definition) is 9. The second-order valence-electron chi connectivity index (χ2n) is 14.4. The number of carbonyl (C=O) groups excluding carboxylic acids is 4. The maximum atomic E-state index is 14.1. The molecule has 0 aliphatic heterocycles. The third kappa shape index (κ3) is 12.8. The van der Waals surface area contributed by atoms with Gasteiger partial charge >= 0.3 is 11.9 Å². The van der Waals surface area contributed by atoms with Gasteiger partial charge in [-0.05, 0) is 92.9 Å². The first-order valence-electron chi connectivity index (χ1n) is 17.3. The second-order valence-corrected chi connectivity index (χ2v) is 16.6. The fourth-order valence-electron chi connectivity index (χ4n) is 5.51. The van der Waals surface area contributed by atoms with Crippen LogP contribution in [-0.2, 0) is 30.3 Å². The van der Waals surface area contributed by atoms with Crippen LogP contribution in [-0.4, -0.2) is 94.4 Å². The molecule has 0 bridgehead atoms. The van der Waals surface area contributed by atoms with E-state index in [0.717, 1.165) is 9.13 Å². The van der Waals surface area contributed by atoms with Crippen LogP contribution in [0.2, 0.25) is 0 Å². The summed E-state index contributed by atoms with van der Waals surface area (Å²) in [5.74, 6) is -3.35. The van der Waals surface area contributed by atoms with Crippen LogP contribution in [0.15, 0.2) is 29.6 Å². The van der Waals surface area contributed by atoms with Gasteiger partial charge in [-0.1, -0.05) is 53.2 Å². The smallest absolute Gasteiger partial charge is 0.306 e. The average molecular weight is 842 g/mol. The standard InChI is InChI=1S/C37H56IN5O7S/c1-12-22(4)31(41-36(49)37(7,8)42(9)10)34(46)43(11)29(21(2)3)19-30(50-24(6)44)33-40-28(20-51-33)32(45)39-27(17-23(5)35(47)48)18-25-13-15-26(38)16-14-25/h13-16,20-23,27,29-31H,12,17-19H2,1-11H3,(H,39,45)(H,41,49)(H,47,48)/t22-,23?,27+,29+,30+,31-/m0/s1. The van der Waals surface area contributed by atoms with Crippen molar-refractivity contribution < 1.29 is 33.8 Å². The molecule has 0 aliphatic rings. The fraction of sp³-hybridized carbons (Fsp3) is 0.622. The third-order valence-electron chi connectivity index (χ3n) is 9.64. The number of aliphatic carboxylic acids is 1. The van der Waals surface area contributed by atoms with E-state index in [1.807, 2.05) is 66.1 Å². The highest BCUT2D eigenvalue weighted by atomic mass is 127. The lowest BCUT2D eigenvalue weighted by atomic mass is 9.92. The van der Waals surface area contributed by atoms with Crippen molar-refractivity contribution in [2.24, 2.45) is 17.8 Å². The molecule has 0 aliphatic carbocycles. The van der Waals surface area contributed by atoms with Gasteiger partial charge in [0.15, 0.2) is 6.10 Å². The quantitative estimate of drug-likeness (QED) is 0.122. The van der Waals surface area contributed by atoms with Crippen molar-refractivity contribution in [1.82, 2.24) is 25.4 Å². The average Bonchev–Trinajstić information content (AvgIpc) is 3.55. The molecule has 3 N–H and O–H groups in total. The van der Waals surface area contributed by atoms with Crippen molar-refractivity contribution in [3.63, 3.8) is 0 Å². The molecule has 2 rings (SSSR count). The van der Waals surface area contributed by atoms with Gasteiger partial charge in [0.05, 0.1) is 11.5 Å². The van der Waals surface area contributed by atoms with E-state index in [9.17, 15) is 29.1 Å². The van der Waals surface area contributed by atoms with E-state index in [4.69, 9.17) is 4.74 Å². The predicted molar refractivity (Wildman–Crippen MR) is 207 cm³/mol. The molecule has 0 radical (unpaired) electrons. The SMILES string of the molecule is CC[C@H](C)[C@H](NC(=O)C(C)(C)N(C)C)C(=O)N(C)[C@H](C[C@@H](OC(C)=O)c1nc(C(=O)N[C@@H](Cc2ccc(I)cc2)CC(C)C(=O)O)cs1)C(C)C. The van der Waals surface area contributed by atoms with Crippen molar-refractivity contribution in [3.05, 3.63) is 49.5 Å². The van der Waals surface area contributed by atoms with Crippen molar-refractivity contribution in [2.75, 3.05) is 21.1 Å². The van der Waals surface area contributed by atoms with Gasteiger partial charge in [-0.25, -0.2) is 4.98 Å². The van der Waals surface area contributed by atoms with Gasteiger partial charge in [-0.3, -0.25) is 28.9 Å². The Morgan fingerprint density at radius 3 is 2.12 bits per heavy atom. The Balaban J connectivity index is 2.35. The molecule has 12 nitrogen and oxygen atoms in total. The monoisotopic (exact) mass is 841 g/mol. The summed E-state index contributed by atoms with van der Waals surface area (Å²) in [4.78, 5) is 72.9. The van der Waals surface area contributed by atoms with E-state index < -0.39 is 53.5 Å². The summed E-state index contributed by atoms with van der Waals surface area (Å²) in [6.07, 6.45) is 0.690. The lowest BCUT2D eigenvalue weighted by Crippen LogP contribution is -2.60. The van der Waals surface area contributed by atoms with Crippen LogP contribution >= 0.6 is 33.9 Å². The zero-order valence-electron chi connectivity index (χ0n) is 31.8. The zero-order valence-corrected chi connectivity index (χ0v) is 34.8. The van der Waals surface area contributed by atoms with Crippen molar-refractivity contribution in [3.8, 4) is 0 Å². The molecular weight excluding hydrogens is 785 g/mol. The highest BCUT2D eigenvalue weighted by Crippen LogP contribution is 2.31. The van der Waals surface area contributed by atoms with E-state index in [0.29, 0.717) is 17.8 Å². The first-order valence-corrected chi connectivity index (χ1v) is 19.3. The number of aromatic nitrogens is 1. The van der Waals surface area contributed by atoms with E-state index >= 15 is 0 Å². The molecule has 14 heteroatoms. The number of benzene rings is 1. The van der Waals surface area contributed by atoms with Crippen LogP contribution in [0.25, 0.3) is 0 Å². The van der Waals surface area contributed by atoms with Gasteiger partial charge in [0.25, 0.3) is 5.91 Å². The number of ether oxygens (including phenoxy) is 1. The Morgan fingerprint density at radius 2 is 1.61 bits per heavy atom. The molecule has 0 fully saturated rings. The van der Waals surface area contributed by atoms with Crippen molar-refractivity contribution in [2.45, 2.75) is 111 Å². The summed E-state index contributed by atoms with van der Waals surface area (Å²) >= 11 is 3.38. The molecule has 6 atom stereocenters. The minimum atomic E-state index is -0.949. The van der Waals surface area contributed by atoms with Crippen LogP contribution in [0.3, 0.4) is 0 Å². The Kier molecular flexibility index (Phi) is 17.0. The minimum absolute atomic E-state index is 0.0653. The number of hydrogen-bond donors (Lipinski definition) is 3. The number of esters is 1. The number of nitrogens with zero attached hydrogens (tertiary/aromatic N) is 3. The lowest BCUT2D eigenvalue weighted by Gasteiger charge is -2.38. The van der Waals surface area contributed by atoms with Crippen LogP contribution in [0.5, 0.6) is 0 Å². The number of carboxylic acid groups (broad SMARTS) is 1. The summed E-state index contributed by atoms with van der Waals surface area (Å²) in [5.41, 5.74) is 0.241. The largest absolute Gasteiger partial charge is 0.481 e. The number of halogens is 1. The maximum Gasteiger partial charge on any atom is 0.306 e. The Hall–Kier alpha value is -3.11. The topological polar surface area (TPSA) is 158 Å². The van der Waals surface area contributed by atoms with Crippen LogP contribution in [0.4, 0.5) is 0 Å². The normalized spacial score (nSPS) is 15.3. The highest BCUT2D eigenvalue weighted by molar-refractivity contribution is 14.1. The summed E-state index contributed by atoms with van der Waals surface area (Å²) in [5, 5.41) is 17.5. The minimum Gasteiger partial charge on any atom is -0.481 e. The summed E-state index contributed by atoms with van der Waals surface area (Å²) < 4.78 is 6.82. The molecule has 0 saturated carbocycles. The second kappa shape index (κ2) is 19.6. The number of thiazole rings is 1. The van der Waals surface area contributed by atoms with Gasteiger partial charge in [-0.2, -0.15) is 0 Å². The number of carboxylic acids is 1. The molecule has 1 aromatic heterocycles. The first kappa shape index (κ1) is 44.1. The maximum absolute atomic E-state index is 14.1. The van der Waals surface area contributed by atoms with Crippen LogP contribution in [0, 0.1) is 21.3 Å². The molecule has 1 aromatic carbocycles. The van der Waals surface area contributed by atoms with Gasteiger partial charge in [0.1, 0.15) is 16.7 Å². The van der Waals surface area contributed by atoms with Crippen LogP contribution < -0.4 is 10.6 Å². The van der Waals surface area contributed by atoms with E-state index in [2.05, 4.69) is 38.2 Å². The predicted octanol–water partition coefficient (Wildman–Crippen LogP) is 5.55. The summed E-state index contributed by atoms with van der Waals surface area (Å²) in [7, 11) is 5.32. The van der Waals surface area contributed by atoms with Crippen molar-refractivity contribution in [1.29, 1.82) is 0 Å². The molecule has 1 unspecified atom stereocenters. The van der Waals surface area contributed by atoms with Gasteiger partial charge < -0.3 is 25.4 Å². The summed E-state index contributed by atoms with van der Waals surface area (Å²) in [6, 6.07) is 6.17. The van der Waals surface area contributed by atoms with E-state index in [-0.39, 0.29) is 42.2 Å². The molecular formula is C37H56IN5O7S. The molecule has 0 spiro atoms. The molecule has 0 saturated heterocycles. The molecule has 51 heavy (non-hydrogen) atoms. The van der Waals surface area contributed by atoms with Gasteiger partial charge in [-0.15, -0.1) is 11.3 Å². The van der Waals surface area contributed by atoms with E-state index in [1.165, 1.54) is 18.3 Å². The first-order chi connectivity index (χ1) is 23.7. The van der Waals surface area contributed by atoms with Crippen LogP contribution in [0.1, 0.15) is 102 Å². The Bertz CT molecular complexity index is 1500. The molecule has 284 valence electrons. The Labute approximate surface area is 320 Å². The number of likely N-dealkylation sites (N-methyl/N-ethyl adjacent to an activating group) is 2. The number of rotatable bonds is 19. The summed E-state index contributed by atoms with van der Waals surface area (Å²) in [6.45, 7) is 14.3. The van der Waals surface area contributed by atoms with Crippen molar-refractivity contribution >= 4 is 63.6 Å². The number of amides is 3. The van der Waals surface area contributed by atoms with Gasteiger partial charge in [0.2, 0.25) is 11.8 Å². The third-order valence-corrected chi connectivity index (χ3v) is 11.3. The highest BCUT2D eigenvalue weighted by Gasteiger charge is 2.38. The molecule has 3 amide bonds. The molecule has 2 aromatic rings. The Morgan fingerprint density at radius 1 is 1.00 bits per heavy atom. The fourth-order valence-corrected chi connectivity index (χ4v) is 6.71. The van der Waals surface area contributed by atoms with E-state index in [1.54, 1.807) is 43.0 Å². The lowest BCUT2D eigenvalue weighted by molar-refractivity contribution is -0.149. The van der Waals surface area contributed by atoms with Gasteiger partial charge in [0, 0.05) is 41.4 Å². The molecule has 1 heterocycles. The zero-order chi connectivity index (χ0) is 38.8.